The molecule has 1 heterocycles. The van der Waals surface area contributed by atoms with E-state index in [2.05, 4.69) is 10.2 Å². The molecule has 2 aromatic rings. The van der Waals surface area contributed by atoms with Crippen LogP contribution in [-0.4, -0.2) is 32.0 Å². The normalized spacial score (nSPS) is 11.7. The quantitative estimate of drug-likeness (QED) is 0.921. The number of ether oxygens (including phenoxy) is 1. The number of rotatable bonds is 4. The molecule has 6 nitrogen and oxygen atoms in total. The van der Waals surface area contributed by atoms with E-state index in [0.717, 1.165) is 6.26 Å². The molecular weight excluding hydrogens is 292 g/mol. The Morgan fingerprint density at radius 2 is 1.95 bits per heavy atom. The van der Waals surface area contributed by atoms with Crippen molar-refractivity contribution in [3.05, 3.63) is 51.9 Å². The summed E-state index contributed by atoms with van der Waals surface area (Å²) in [4.78, 5) is 11.1. The van der Waals surface area contributed by atoms with Crippen molar-refractivity contribution in [1.82, 2.24) is 10.2 Å². The van der Waals surface area contributed by atoms with E-state index < -0.39 is 9.84 Å². The average molecular weight is 306 g/mol. The number of hydrogen-bond donors (Lipinski definition) is 1. The maximum atomic E-state index is 11.8. The van der Waals surface area contributed by atoms with Gasteiger partial charge >= 0.3 is 0 Å². The second-order valence-corrected chi connectivity index (χ2v) is 6.34. The molecule has 0 aliphatic heterocycles. The van der Waals surface area contributed by atoms with Crippen molar-refractivity contribution in [2.45, 2.75) is 4.90 Å². The summed E-state index contributed by atoms with van der Waals surface area (Å²) in [7, 11) is -1.85. The average Bonchev–Trinajstić information content (AvgIpc) is 2.45. The van der Waals surface area contributed by atoms with Gasteiger partial charge in [-0.1, -0.05) is 6.08 Å². The van der Waals surface area contributed by atoms with Crippen LogP contribution in [0, 0.1) is 0 Å². The summed E-state index contributed by atoms with van der Waals surface area (Å²) >= 11 is 0. The van der Waals surface area contributed by atoms with Gasteiger partial charge in [0, 0.05) is 12.3 Å². The van der Waals surface area contributed by atoms with Crippen molar-refractivity contribution in [2.24, 2.45) is 0 Å². The predicted molar refractivity (Wildman–Crippen MR) is 79.9 cm³/mol. The highest BCUT2D eigenvalue weighted by Gasteiger charge is 2.12. The van der Waals surface area contributed by atoms with E-state index in [-0.39, 0.29) is 10.5 Å². The van der Waals surface area contributed by atoms with E-state index in [1.807, 2.05) is 0 Å². The molecule has 1 aromatic heterocycles. The van der Waals surface area contributed by atoms with Crippen LogP contribution in [0.5, 0.6) is 5.75 Å². The summed E-state index contributed by atoms with van der Waals surface area (Å²) in [5.41, 5.74) is 0.701. The third-order valence-electron chi connectivity index (χ3n) is 2.75. The highest BCUT2D eigenvalue weighted by molar-refractivity contribution is 7.90. The van der Waals surface area contributed by atoms with Crippen LogP contribution in [-0.2, 0) is 9.84 Å². The second kappa shape index (κ2) is 5.92. The van der Waals surface area contributed by atoms with Gasteiger partial charge in [0.25, 0.3) is 5.56 Å². The lowest BCUT2D eigenvalue weighted by Gasteiger charge is -2.06. The Labute approximate surface area is 122 Å². The molecule has 1 N–H and O–H groups in total. The number of sulfone groups is 1. The third kappa shape index (κ3) is 3.79. The fourth-order valence-corrected chi connectivity index (χ4v) is 2.62. The molecule has 1 aromatic carbocycles. The minimum Gasteiger partial charge on any atom is -0.497 e. The second-order valence-electron chi connectivity index (χ2n) is 4.36. The van der Waals surface area contributed by atoms with Crippen molar-refractivity contribution < 1.29 is 13.2 Å². The number of H-pyrrole nitrogens is 1. The number of aromatic nitrogens is 2. The molecule has 0 saturated carbocycles. The van der Waals surface area contributed by atoms with Gasteiger partial charge in [0.05, 0.1) is 17.7 Å². The number of methoxy groups -OCH3 is 1. The van der Waals surface area contributed by atoms with E-state index in [1.54, 1.807) is 24.3 Å². The Kier molecular flexibility index (Phi) is 4.23. The molecule has 0 aliphatic carbocycles. The minimum absolute atomic E-state index is 0.198. The van der Waals surface area contributed by atoms with Crippen LogP contribution in [0.25, 0.3) is 12.2 Å². The Morgan fingerprint density at radius 1 is 1.19 bits per heavy atom. The van der Waals surface area contributed by atoms with Gasteiger partial charge in [0.1, 0.15) is 5.75 Å². The van der Waals surface area contributed by atoms with Gasteiger partial charge in [0.15, 0.2) is 9.84 Å². The summed E-state index contributed by atoms with van der Waals surface area (Å²) in [5.74, 6) is 0.552. The van der Waals surface area contributed by atoms with Crippen molar-refractivity contribution in [1.29, 1.82) is 0 Å². The number of nitrogens with one attached hydrogen (secondary N) is 1. The van der Waals surface area contributed by atoms with Gasteiger partial charge in [0.2, 0.25) is 0 Å². The maximum Gasteiger partial charge on any atom is 0.264 e. The van der Waals surface area contributed by atoms with E-state index in [9.17, 15) is 13.2 Å². The van der Waals surface area contributed by atoms with Crippen LogP contribution < -0.4 is 10.3 Å². The van der Waals surface area contributed by atoms with Crippen molar-refractivity contribution in [3.63, 3.8) is 0 Å². The summed E-state index contributed by atoms with van der Waals surface area (Å²) in [6.45, 7) is 0. The van der Waals surface area contributed by atoms with Crippen LogP contribution in [0.3, 0.4) is 0 Å². The summed E-state index contributed by atoms with van der Waals surface area (Å²) in [6, 6.07) is 7.59. The first kappa shape index (κ1) is 15.0. The lowest BCUT2D eigenvalue weighted by atomic mass is 10.2. The minimum atomic E-state index is -3.35. The first-order valence-electron chi connectivity index (χ1n) is 6.02. The zero-order valence-electron chi connectivity index (χ0n) is 11.5. The molecule has 0 spiro atoms. The van der Waals surface area contributed by atoms with E-state index in [0.29, 0.717) is 17.0 Å². The lowest BCUT2D eigenvalue weighted by Crippen LogP contribution is -2.05. The monoisotopic (exact) mass is 306 g/mol. The first-order chi connectivity index (χ1) is 9.90. The molecular formula is C14H14N2O4S. The van der Waals surface area contributed by atoms with Gasteiger partial charge in [-0.25, -0.2) is 13.5 Å². The SMILES string of the molecule is COc1ccc(S(C)(=O)=O)c(/C=C/c2ccc(=O)[nH]n2)c1. The lowest BCUT2D eigenvalue weighted by molar-refractivity contribution is 0.414. The van der Waals surface area contributed by atoms with E-state index >= 15 is 0 Å². The topological polar surface area (TPSA) is 89.1 Å². The molecule has 0 radical (unpaired) electrons. The summed E-state index contributed by atoms with van der Waals surface area (Å²) in [6.07, 6.45) is 4.36. The van der Waals surface area contributed by atoms with Crippen LogP contribution in [0.15, 0.2) is 40.0 Å². The number of hydrogen-bond acceptors (Lipinski definition) is 5. The Morgan fingerprint density at radius 3 is 2.52 bits per heavy atom. The van der Waals surface area contributed by atoms with Gasteiger partial charge in [-0.15, -0.1) is 0 Å². The zero-order valence-corrected chi connectivity index (χ0v) is 12.3. The Hall–Kier alpha value is -2.41. The van der Waals surface area contributed by atoms with Crippen LogP contribution in [0.4, 0.5) is 0 Å². The number of nitrogens with zero attached hydrogens (tertiary/aromatic N) is 1. The molecule has 7 heteroatoms. The van der Waals surface area contributed by atoms with Gasteiger partial charge in [-0.3, -0.25) is 4.79 Å². The molecule has 21 heavy (non-hydrogen) atoms. The number of benzene rings is 1. The van der Waals surface area contributed by atoms with Crippen molar-refractivity contribution >= 4 is 22.0 Å². The van der Waals surface area contributed by atoms with E-state index in [1.165, 1.54) is 25.3 Å². The summed E-state index contributed by atoms with van der Waals surface area (Å²) in [5, 5.41) is 6.13. The Bertz CT molecular complexity index is 818. The molecule has 0 bridgehead atoms. The van der Waals surface area contributed by atoms with Crippen molar-refractivity contribution in [3.8, 4) is 5.75 Å². The highest BCUT2D eigenvalue weighted by Crippen LogP contribution is 2.23. The highest BCUT2D eigenvalue weighted by atomic mass is 32.2. The fraction of sp³-hybridized carbons (Fsp3) is 0.143. The number of aromatic amines is 1. The predicted octanol–water partition coefficient (Wildman–Crippen LogP) is 1.35. The molecule has 0 atom stereocenters. The third-order valence-corrected chi connectivity index (χ3v) is 3.92. The molecule has 0 saturated heterocycles. The van der Waals surface area contributed by atoms with Crippen LogP contribution in [0.1, 0.15) is 11.3 Å². The first-order valence-corrected chi connectivity index (χ1v) is 7.91. The van der Waals surface area contributed by atoms with Gasteiger partial charge in [-0.05, 0) is 35.9 Å². The molecule has 0 unspecified atom stereocenters. The van der Waals surface area contributed by atoms with Crippen LogP contribution in [0.2, 0.25) is 0 Å². The summed E-state index contributed by atoms with van der Waals surface area (Å²) < 4.78 is 28.6. The maximum absolute atomic E-state index is 11.8. The smallest absolute Gasteiger partial charge is 0.264 e. The van der Waals surface area contributed by atoms with E-state index in [4.69, 9.17) is 4.74 Å². The van der Waals surface area contributed by atoms with Crippen molar-refractivity contribution in [2.75, 3.05) is 13.4 Å². The molecule has 0 aliphatic rings. The fourth-order valence-electron chi connectivity index (χ4n) is 1.74. The van der Waals surface area contributed by atoms with Gasteiger partial charge < -0.3 is 4.74 Å². The standard InChI is InChI=1S/C14H14N2O4S/c1-20-12-6-7-13(21(2,18)19)10(9-12)3-4-11-5-8-14(17)16-15-11/h3-9H,1-2H3,(H,16,17)/b4-3+. The van der Waals surface area contributed by atoms with Gasteiger partial charge in [-0.2, -0.15) is 5.10 Å². The molecule has 2 rings (SSSR count). The molecule has 0 amide bonds. The molecule has 110 valence electrons. The Balaban J connectivity index is 2.46. The molecule has 0 fully saturated rings. The largest absolute Gasteiger partial charge is 0.497 e. The van der Waals surface area contributed by atoms with Crippen LogP contribution >= 0.6 is 0 Å². The zero-order chi connectivity index (χ0) is 15.5.